The lowest BCUT2D eigenvalue weighted by Crippen LogP contribution is -2.50. The minimum absolute atomic E-state index is 0.170. The van der Waals surface area contributed by atoms with E-state index < -0.39 is 0 Å². The van der Waals surface area contributed by atoms with E-state index >= 15 is 0 Å². The summed E-state index contributed by atoms with van der Waals surface area (Å²) in [5.74, 6) is 0. The van der Waals surface area contributed by atoms with Crippen LogP contribution in [0.5, 0.6) is 0 Å². The van der Waals surface area contributed by atoms with Crippen LogP contribution in [0, 0.1) is 25.2 Å². The first-order valence-electron chi connectivity index (χ1n) is 9.30. The van der Waals surface area contributed by atoms with Crippen LogP contribution in [0.1, 0.15) is 34.4 Å². The highest BCUT2D eigenvalue weighted by atomic mass is 15.4. The lowest BCUT2D eigenvalue weighted by molar-refractivity contribution is 0.140. The van der Waals surface area contributed by atoms with Crippen molar-refractivity contribution in [3.63, 3.8) is 0 Å². The molecule has 5 rings (SSSR count). The van der Waals surface area contributed by atoms with Crippen LogP contribution in [-0.2, 0) is 6.42 Å². The van der Waals surface area contributed by atoms with Gasteiger partial charge in [-0.25, -0.2) is 9.50 Å². The number of fused-ring (bicyclic) bond motifs is 2. The molecule has 1 unspecified atom stereocenters. The van der Waals surface area contributed by atoms with E-state index in [0.717, 1.165) is 41.3 Å². The third-order valence-electron chi connectivity index (χ3n) is 5.56. The maximum Gasteiger partial charge on any atom is 0.133 e. The summed E-state index contributed by atoms with van der Waals surface area (Å²) in [7, 11) is 0. The third-order valence-corrected chi connectivity index (χ3v) is 5.56. The average Bonchev–Trinajstić information content (AvgIpc) is 3.37. The smallest absolute Gasteiger partial charge is 0.133 e. The van der Waals surface area contributed by atoms with E-state index in [1.165, 1.54) is 5.56 Å². The third kappa shape index (κ3) is 2.44. The average molecular weight is 372 g/mol. The van der Waals surface area contributed by atoms with E-state index in [0.29, 0.717) is 5.57 Å². The molecule has 2 atom stereocenters. The van der Waals surface area contributed by atoms with E-state index in [1.54, 1.807) is 18.6 Å². The minimum atomic E-state index is -0.308. The number of hydrazone groups is 1. The molecule has 0 spiro atoms. The molecule has 3 aromatic heterocycles. The zero-order valence-corrected chi connectivity index (χ0v) is 15.7. The predicted octanol–water partition coefficient (Wildman–Crippen LogP) is 1.99. The quantitative estimate of drug-likeness (QED) is 0.717. The fraction of sp³-hybridized carbons (Fsp3) is 0.300. The van der Waals surface area contributed by atoms with Gasteiger partial charge >= 0.3 is 0 Å². The Kier molecular flexibility index (Phi) is 3.77. The number of hydrogen-bond donors (Lipinski definition) is 2. The van der Waals surface area contributed by atoms with Crippen molar-refractivity contribution in [3.8, 4) is 6.07 Å². The Hall–Kier alpha value is -3.44. The van der Waals surface area contributed by atoms with Crippen LogP contribution in [0.3, 0.4) is 0 Å². The number of nitrogens with zero attached hydrogens (tertiary/aromatic N) is 6. The SMILES string of the molecule is Cc1ccc(C)n2nc([C@H]3c4nc[nH]c4CCN3C3NN=CC=C3C#N)cc12. The van der Waals surface area contributed by atoms with Crippen molar-refractivity contribution in [1.29, 1.82) is 5.26 Å². The molecule has 0 saturated heterocycles. The summed E-state index contributed by atoms with van der Waals surface area (Å²) in [6, 6.07) is 8.45. The van der Waals surface area contributed by atoms with Gasteiger partial charge in [0.15, 0.2) is 0 Å². The second kappa shape index (κ2) is 6.32. The number of aryl methyl sites for hydroxylation is 2. The summed E-state index contributed by atoms with van der Waals surface area (Å²) in [6.45, 7) is 4.90. The molecule has 8 heteroatoms. The van der Waals surface area contributed by atoms with Crippen LogP contribution >= 0.6 is 0 Å². The Labute approximate surface area is 162 Å². The van der Waals surface area contributed by atoms with Crippen LogP contribution < -0.4 is 5.43 Å². The Bertz CT molecular complexity index is 1120. The van der Waals surface area contributed by atoms with Crippen LogP contribution in [0.25, 0.3) is 5.52 Å². The van der Waals surface area contributed by atoms with Crippen LogP contribution in [-0.4, -0.2) is 43.4 Å². The van der Waals surface area contributed by atoms with Crippen molar-refractivity contribution in [2.24, 2.45) is 5.10 Å². The Morgan fingerprint density at radius 1 is 1.29 bits per heavy atom. The predicted molar refractivity (Wildman–Crippen MR) is 105 cm³/mol. The fourth-order valence-corrected chi connectivity index (χ4v) is 4.11. The summed E-state index contributed by atoms with van der Waals surface area (Å²) >= 11 is 0. The van der Waals surface area contributed by atoms with Gasteiger partial charge in [0.25, 0.3) is 0 Å². The molecule has 5 heterocycles. The summed E-state index contributed by atoms with van der Waals surface area (Å²) in [4.78, 5) is 10.1. The van der Waals surface area contributed by atoms with Crippen molar-refractivity contribution in [2.45, 2.75) is 32.5 Å². The van der Waals surface area contributed by atoms with Gasteiger partial charge in [0.1, 0.15) is 12.2 Å². The molecule has 2 aliphatic rings. The molecule has 28 heavy (non-hydrogen) atoms. The van der Waals surface area contributed by atoms with Gasteiger partial charge in [-0.3, -0.25) is 10.3 Å². The Morgan fingerprint density at radius 3 is 3.00 bits per heavy atom. The number of nitriles is 1. The summed E-state index contributed by atoms with van der Waals surface area (Å²) in [5, 5.41) is 18.7. The second-order valence-corrected chi connectivity index (χ2v) is 7.22. The van der Waals surface area contributed by atoms with Gasteiger partial charge in [0, 0.05) is 30.6 Å². The van der Waals surface area contributed by atoms with E-state index in [-0.39, 0.29) is 12.2 Å². The van der Waals surface area contributed by atoms with Crippen LogP contribution in [0.15, 0.2) is 41.3 Å². The zero-order valence-electron chi connectivity index (χ0n) is 15.7. The number of allylic oxidation sites excluding steroid dienone is 1. The molecule has 0 fully saturated rings. The Balaban J connectivity index is 1.67. The number of aromatic amines is 1. The number of hydrogen-bond acceptors (Lipinski definition) is 6. The van der Waals surface area contributed by atoms with Crippen molar-refractivity contribution in [3.05, 3.63) is 64.5 Å². The van der Waals surface area contributed by atoms with Gasteiger partial charge in [-0.1, -0.05) is 6.07 Å². The highest BCUT2D eigenvalue weighted by molar-refractivity contribution is 5.74. The number of nitrogens with one attached hydrogen (secondary N) is 2. The molecule has 0 aliphatic carbocycles. The Morgan fingerprint density at radius 2 is 2.18 bits per heavy atom. The van der Waals surface area contributed by atoms with Gasteiger partial charge < -0.3 is 4.98 Å². The zero-order chi connectivity index (χ0) is 19.3. The number of pyridine rings is 1. The van der Waals surface area contributed by atoms with Crippen molar-refractivity contribution < 1.29 is 0 Å². The monoisotopic (exact) mass is 372 g/mol. The molecule has 2 N–H and O–H groups in total. The molecular weight excluding hydrogens is 352 g/mol. The van der Waals surface area contributed by atoms with E-state index in [9.17, 15) is 5.26 Å². The van der Waals surface area contributed by atoms with Crippen molar-refractivity contribution in [2.75, 3.05) is 6.54 Å². The van der Waals surface area contributed by atoms with Gasteiger partial charge in [-0.05, 0) is 37.6 Å². The largest absolute Gasteiger partial charge is 0.348 e. The lowest BCUT2D eigenvalue weighted by Gasteiger charge is -2.39. The highest BCUT2D eigenvalue weighted by Crippen LogP contribution is 2.36. The number of aromatic nitrogens is 4. The van der Waals surface area contributed by atoms with Gasteiger partial charge in [-0.15, -0.1) is 0 Å². The molecule has 0 amide bonds. The molecule has 2 aliphatic heterocycles. The topological polar surface area (TPSA) is 97.4 Å². The maximum absolute atomic E-state index is 9.60. The van der Waals surface area contributed by atoms with E-state index in [4.69, 9.17) is 5.10 Å². The summed E-state index contributed by atoms with van der Waals surface area (Å²) in [6.07, 6.45) is 5.64. The minimum Gasteiger partial charge on any atom is -0.348 e. The van der Waals surface area contributed by atoms with E-state index in [2.05, 4.69) is 63.5 Å². The standard InChI is InChI=1S/C20H20N8/c1-12-3-4-13(2)28-17(12)9-16(26-28)19-18-15(22-11-23-18)6-8-27(19)20-14(10-21)5-7-24-25-20/h3-5,7,9,11,19-20,25H,6,8H2,1-2H3,(H,22,23)/t19-,20?/m0/s1. The highest BCUT2D eigenvalue weighted by Gasteiger charge is 2.38. The first kappa shape index (κ1) is 16.7. The first-order valence-corrected chi connectivity index (χ1v) is 9.30. The van der Waals surface area contributed by atoms with Crippen LogP contribution in [0.4, 0.5) is 0 Å². The number of rotatable bonds is 2. The molecular formula is C20H20N8. The second-order valence-electron chi connectivity index (χ2n) is 7.22. The summed E-state index contributed by atoms with van der Waals surface area (Å²) in [5.41, 5.74) is 10.1. The van der Waals surface area contributed by atoms with Gasteiger partial charge in [-0.2, -0.15) is 15.5 Å². The van der Waals surface area contributed by atoms with E-state index in [1.807, 2.05) is 4.52 Å². The maximum atomic E-state index is 9.60. The van der Waals surface area contributed by atoms with Gasteiger partial charge in [0.05, 0.1) is 34.9 Å². The molecule has 0 aromatic carbocycles. The van der Waals surface area contributed by atoms with Gasteiger partial charge in [0.2, 0.25) is 0 Å². The molecule has 0 bridgehead atoms. The van der Waals surface area contributed by atoms with Crippen molar-refractivity contribution >= 4 is 11.7 Å². The van der Waals surface area contributed by atoms with Crippen molar-refractivity contribution in [1.82, 2.24) is 29.9 Å². The lowest BCUT2D eigenvalue weighted by atomic mass is 9.97. The first-order chi connectivity index (χ1) is 13.7. The number of imidazole rings is 1. The molecule has 140 valence electrons. The fourth-order valence-electron chi connectivity index (χ4n) is 4.11. The molecule has 0 radical (unpaired) electrons. The molecule has 8 nitrogen and oxygen atoms in total. The molecule has 3 aromatic rings. The number of H-pyrrole nitrogens is 1. The molecule has 0 saturated carbocycles. The summed E-state index contributed by atoms with van der Waals surface area (Å²) < 4.78 is 1.98. The normalized spacial score (nSPS) is 21.8. The van der Waals surface area contributed by atoms with Crippen LogP contribution in [0.2, 0.25) is 0 Å².